The van der Waals surface area contributed by atoms with Crippen molar-refractivity contribution >= 4 is 23.2 Å². The highest BCUT2D eigenvalue weighted by atomic mass is 35.5. The molecule has 4 heteroatoms. The van der Waals surface area contributed by atoms with Crippen LogP contribution in [0.4, 0.5) is 4.39 Å². The van der Waals surface area contributed by atoms with Crippen LogP contribution in [0.3, 0.4) is 0 Å². The van der Waals surface area contributed by atoms with Gasteiger partial charge < -0.3 is 5.32 Å². The SMILES string of the molecule is Fc1ccc(Cl)c(CNC2(CCl)CC2)c1. The summed E-state index contributed by atoms with van der Waals surface area (Å²) in [7, 11) is 0. The van der Waals surface area contributed by atoms with Crippen LogP contribution in [0.15, 0.2) is 18.2 Å². The molecule has 0 aromatic heterocycles. The fourth-order valence-electron chi connectivity index (χ4n) is 1.47. The Morgan fingerprint density at radius 1 is 1.40 bits per heavy atom. The predicted molar refractivity (Wildman–Crippen MR) is 60.9 cm³/mol. The standard InChI is InChI=1S/C11H12Cl2FN/c12-7-11(3-4-11)15-6-8-5-9(14)1-2-10(8)13/h1-2,5,15H,3-4,6-7H2. The van der Waals surface area contributed by atoms with Crippen molar-refractivity contribution in [1.29, 1.82) is 0 Å². The summed E-state index contributed by atoms with van der Waals surface area (Å²) in [4.78, 5) is 0. The highest BCUT2D eigenvalue weighted by Crippen LogP contribution is 2.36. The van der Waals surface area contributed by atoms with Crippen LogP contribution in [0.2, 0.25) is 5.02 Å². The van der Waals surface area contributed by atoms with Crippen LogP contribution in [-0.4, -0.2) is 11.4 Å². The Kier molecular flexibility index (Phi) is 3.19. The Balaban J connectivity index is 2.01. The molecule has 1 saturated carbocycles. The van der Waals surface area contributed by atoms with Crippen molar-refractivity contribution in [2.75, 3.05) is 5.88 Å². The van der Waals surface area contributed by atoms with E-state index in [2.05, 4.69) is 5.32 Å². The molecule has 1 aromatic rings. The molecule has 0 atom stereocenters. The van der Waals surface area contributed by atoms with Gasteiger partial charge in [-0.15, -0.1) is 11.6 Å². The Morgan fingerprint density at radius 2 is 2.13 bits per heavy atom. The van der Waals surface area contributed by atoms with Gasteiger partial charge in [-0.3, -0.25) is 0 Å². The summed E-state index contributed by atoms with van der Waals surface area (Å²) in [6.45, 7) is 0.573. The number of hydrogen-bond acceptors (Lipinski definition) is 1. The number of nitrogens with one attached hydrogen (secondary N) is 1. The lowest BCUT2D eigenvalue weighted by atomic mass is 10.2. The van der Waals surface area contributed by atoms with E-state index >= 15 is 0 Å². The van der Waals surface area contributed by atoms with Gasteiger partial charge in [0, 0.05) is 23.0 Å². The molecule has 0 radical (unpaired) electrons. The van der Waals surface area contributed by atoms with Crippen molar-refractivity contribution in [2.24, 2.45) is 0 Å². The van der Waals surface area contributed by atoms with Gasteiger partial charge in [-0.25, -0.2) is 4.39 Å². The first kappa shape index (κ1) is 11.2. The Hall–Kier alpha value is -0.310. The first-order valence-corrected chi connectivity index (χ1v) is 5.81. The largest absolute Gasteiger partial charge is 0.306 e. The van der Waals surface area contributed by atoms with E-state index in [1.54, 1.807) is 6.07 Å². The molecule has 1 fully saturated rings. The lowest BCUT2D eigenvalue weighted by Crippen LogP contribution is -2.32. The van der Waals surface area contributed by atoms with Crippen LogP contribution in [0, 0.1) is 5.82 Å². The summed E-state index contributed by atoms with van der Waals surface area (Å²) >= 11 is 11.8. The van der Waals surface area contributed by atoms with Crippen LogP contribution >= 0.6 is 23.2 Å². The van der Waals surface area contributed by atoms with Crippen molar-refractivity contribution in [3.8, 4) is 0 Å². The molecule has 1 aliphatic rings. The monoisotopic (exact) mass is 247 g/mol. The van der Waals surface area contributed by atoms with E-state index in [0.717, 1.165) is 18.4 Å². The number of halogens is 3. The smallest absolute Gasteiger partial charge is 0.123 e. The number of rotatable bonds is 4. The van der Waals surface area contributed by atoms with Gasteiger partial charge in [-0.1, -0.05) is 11.6 Å². The lowest BCUT2D eigenvalue weighted by Gasteiger charge is -2.14. The summed E-state index contributed by atoms with van der Waals surface area (Å²) in [6, 6.07) is 4.40. The number of hydrogen-bond donors (Lipinski definition) is 1. The molecular weight excluding hydrogens is 236 g/mol. The van der Waals surface area contributed by atoms with E-state index in [1.807, 2.05) is 0 Å². The fourth-order valence-corrected chi connectivity index (χ4v) is 2.02. The van der Waals surface area contributed by atoms with Crippen LogP contribution < -0.4 is 5.32 Å². The molecule has 1 aromatic carbocycles. The maximum absolute atomic E-state index is 13.0. The van der Waals surface area contributed by atoms with Gasteiger partial charge in [0.25, 0.3) is 0 Å². The normalized spacial score (nSPS) is 17.8. The summed E-state index contributed by atoms with van der Waals surface area (Å²) in [5.74, 6) is 0.340. The molecule has 0 bridgehead atoms. The Morgan fingerprint density at radius 3 is 2.73 bits per heavy atom. The minimum absolute atomic E-state index is 0.0667. The van der Waals surface area contributed by atoms with Gasteiger partial charge in [-0.05, 0) is 36.6 Å². The van der Waals surface area contributed by atoms with Crippen LogP contribution in [-0.2, 0) is 6.54 Å². The molecule has 1 nitrogen and oxygen atoms in total. The second-order valence-electron chi connectivity index (χ2n) is 4.00. The zero-order chi connectivity index (χ0) is 10.9. The van der Waals surface area contributed by atoms with E-state index in [0.29, 0.717) is 17.4 Å². The lowest BCUT2D eigenvalue weighted by molar-refractivity contribution is 0.540. The van der Waals surface area contributed by atoms with Gasteiger partial charge in [0.05, 0.1) is 0 Å². The third-order valence-electron chi connectivity index (χ3n) is 2.77. The van der Waals surface area contributed by atoms with Gasteiger partial charge in [-0.2, -0.15) is 0 Å². The molecule has 0 saturated heterocycles. The van der Waals surface area contributed by atoms with E-state index in [9.17, 15) is 4.39 Å². The van der Waals surface area contributed by atoms with Crippen molar-refractivity contribution in [1.82, 2.24) is 5.32 Å². The summed E-state index contributed by atoms with van der Waals surface area (Å²) in [5.41, 5.74) is 0.852. The summed E-state index contributed by atoms with van der Waals surface area (Å²) in [5, 5.41) is 3.91. The highest BCUT2D eigenvalue weighted by molar-refractivity contribution is 6.31. The molecule has 15 heavy (non-hydrogen) atoms. The second kappa shape index (κ2) is 4.28. The van der Waals surface area contributed by atoms with Crippen molar-refractivity contribution < 1.29 is 4.39 Å². The average molecular weight is 248 g/mol. The molecule has 0 spiro atoms. The first-order valence-electron chi connectivity index (χ1n) is 4.90. The molecule has 0 heterocycles. The third kappa shape index (κ3) is 2.63. The molecule has 0 unspecified atom stereocenters. The van der Waals surface area contributed by atoms with Gasteiger partial charge in [0.2, 0.25) is 0 Å². The molecule has 82 valence electrons. The molecular formula is C11H12Cl2FN. The second-order valence-corrected chi connectivity index (χ2v) is 4.68. The minimum Gasteiger partial charge on any atom is -0.306 e. The average Bonchev–Trinajstić information content (AvgIpc) is 3.00. The third-order valence-corrected chi connectivity index (χ3v) is 3.65. The van der Waals surface area contributed by atoms with E-state index in [-0.39, 0.29) is 11.4 Å². The molecule has 2 rings (SSSR count). The quantitative estimate of drug-likeness (QED) is 0.806. The maximum Gasteiger partial charge on any atom is 0.123 e. The summed E-state index contributed by atoms with van der Waals surface area (Å²) in [6.07, 6.45) is 2.17. The summed E-state index contributed by atoms with van der Waals surface area (Å²) < 4.78 is 13.0. The van der Waals surface area contributed by atoms with Gasteiger partial charge in [0.15, 0.2) is 0 Å². The zero-order valence-corrected chi connectivity index (χ0v) is 9.71. The van der Waals surface area contributed by atoms with Crippen molar-refractivity contribution in [3.63, 3.8) is 0 Å². The van der Waals surface area contributed by atoms with Crippen LogP contribution in [0.25, 0.3) is 0 Å². The maximum atomic E-state index is 13.0. The number of benzene rings is 1. The van der Waals surface area contributed by atoms with E-state index in [1.165, 1.54) is 12.1 Å². The minimum atomic E-state index is -0.257. The van der Waals surface area contributed by atoms with Crippen LogP contribution in [0.1, 0.15) is 18.4 Å². The zero-order valence-electron chi connectivity index (χ0n) is 8.19. The molecule has 0 amide bonds. The van der Waals surface area contributed by atoms with Gasteiger partial charge >= 0.3 is 0 Å². The number of alkyl halides is 1. The van der Waals surface area contributed by atoms with Crippen molar-refractivity contribution in [2.45, 2.75) is 24.9 Å². The van der Waals surface area contributed by atoms with Crippen molar-refractivity contribution in [3.05, 3.63) is 34.6 Å². The fraction of sp³-hybridized carbons (Fsp3) is 0.455. The molecule has 0 aliphatic heterocycles. The molecule has 1 aliphatic carbocycles. The predicted octanol–water partition coefficient (Wildman–Crippen LogP) is 3.34. The van der Waals surface area contributed by atoms with E-state index in [4.69, 9.17) is 23.2 Å². The van der Waals surface area contributed by atoms with Gasteiger partial charge in [0.1, 0.15) is 5.82 Å². The topological polar surface area (TPSA) is 12.0 Å². The Labute approximate surface area is 98.6 Å². The first-order chi connectivity index (χ1) is 7.15. The van der Waals surface area contributed by atoms with E-state index < -0.39 is 0 Å². The van der Waals surface area contributed by atoms with Crippen LogP contribution in [0.5, 0.6) is 0 Å². The highest BCUT2D eigenvalue weighted by Gasteiger charge is 2.41. The Bertz CT molecular complexity index is 364. The molecule has 1 N–H and O–H groups in total.